The summed E-state index contributed by atoms with van der Waals surface area (Å²) in [5.41, 5.74) is 2.22. The molecule has 140 valence electrons. The monoisotopic (exact) mass is 396 g/mol. The van der Waals surface area contributed by atoms with Crippen molar-refractivity contribution in [3.05, 3.63) is 52.5 Å². The molecule has 2 N–H and O–H groups in total. The Balaban J connectivity index is 2.05. The van der Waals surface area contributed by atoms with Crippen molar-refractivity contribution in [1.82, 2.24) is 4.72 Å². The fourth-order valence-corrected chi connectivity index (χ4v) is 3.41. The van der Waals surface area contributed by atoms with E-state index in [4.69, 9.17) is 16.3 Å². The van der Waals surface area contributed by atoms with Crippen molar-refractivity contribution in [3.8, 4) is 5.75 Å². The Morgan fingerprint density at radius 2 is 1.85 bits per heavy atom. The average Bonchev–Trinajstić information content (AvgIpc) is 2.63. The van der Waals surface area contributed by atoms with Gasteiger partial charge in [0, 0.05) is 11.1 Å². The third kappa shape index (κ3) is 4.97. The lowest BCUT2D eigenvalue weighted by molar-refractivity contribution is -0.115. The minimum Gasteiger partial charge on any atom is -0.495 e. The van der Waals surface area contributed by atoms with Crippen LogP contribution in [0.25, 0.3) is 0 Å². The molecule has 0 saturated carbocycles. The van der Waals surface area contributed by atoms with Gasteiger partial charge in [0.15, 0.2) is 0 Å². The number of nitrogens with one attached hydrogen (secondary N) is 2. The first-order chi connectivity index (χ1) is 12.3. The van der Waals surface area contributed by atoms with Gasteiger partial charge in [-0.1, -0.05) is 30.7 Å². The summed E-state index contributed by atoms with van der Waals surface area (Å²) in [4.78, 5) is 12.2. The number of aryl methyl sites for hydroxylation is 2. The van der Waals surface area contributed by atoms with Gasteiger partial charge in [-0.25, -0.2) is 13.1 Å². The van der Waals surface area contributed by atoms with Crippen molar-refractivity contribution in [3.63, 3.8) is 0 Å². The van der Waals surface area contributed by atoms with Gasteiger partial charge in [-0.05, 0) is 42.7 Å². The highest BCUT2D eigenvalue weighted by Crippen LogP contribution is 2.30. The second kappa shape index (κ2) is 8.53. The van der Waals surface area contributed by atoms with Crippen molar-refractivity contribution in [2.45, 2.75) is 25.2 Å². The average molecular weight is 397 g/mol. The number of amides is 1. The zero-order chi connectivity index (χ0) is 19.3. The lowest BCUT2D eigenvalue weighted by atomic mass is 10.2. The molecule has 2 aromatic rings. The highest BCUT2D eigenvalue weighted by Gasteiger charge is 2.16. The van der Waals surface area contributed by atoms with Gasteiger partial charge in [0.25, 0.3) is 0 Å². The summed E-state index contributed by atoms with van der Waals surface area (Å²) in [5, 5.41) is 3.13. The topological polar surface area (TPSA) is 84.5 Å². The Labute approximate surface area is 158 Å². The smallest absolute Gasteiger partial charge is 0.241 e. The van der Waals surface area contributed by atoms with E-state index in [-0.39, 0.29) is 4.90 Å². The van der Waals surface area contributed by atoms with E-state index in [9.17, 15) is 13.2 Å². The van der Waals surface area contributed by atoms with E-state index in [2.05, 4.69) is 10.0 Å². The zero-order valence-corrected chi connectivity index (χ0v) is 16.4. The molecule has 0 unspecified atom stereocenters. The van der Waals surface area contributed by atoms with Gasteiger partial charge in [0.1, 0.15) is 5.75 Å². The fraction of sp³-hybridized carbons (Fsp3) is 0.278. The highest BCUT2D eigenvalue weighted by atomic mass is 35.5. The van der Waals surface area contributed by atoms with E-state index in [1.807, 2.05) is 6.92 Å². The van der Waals surface area contributed by atoms with Gasteiger partial charge in [0.2, 0.25) is 15.9 Å². The van der Waals surface area contributed by atoms with Gasteiger partial charge in [-0.2, -0.15) is 0 Å². The van der Waals surface area contributed by atoms with Crippen LogP contribution in [0.1, 0.15) is 18.1 Å². The summed E-state index contributed by atoms with van der Waals surface area (Å²) in [7, 11) is -2.31. The molecular weight excluding hydrogens is 376 g/mol. The van der Waals surface area contributed by atoms with E-state index < -0.39 is 22.5 Å². The standard InChI is InChI=1S/C18H21ClN2O4S/c1-4-13-5-7-14(8-6-13)26(23,24)20-11-18(22)21-16-9-12(2)15(19)10-17(16)25-3/h5-10,20H,4,11H2,1-3H3,(H,21,22). The third-order valence-electron chi connectivity index (χ3n) is 3.82. The van der Waals surface area contributed by atoms with Crippen molar-refractivity contribution in [2.75, 3.05) is 19.0 Å². The van der Waals surface area contributed by atoms with Crippen molar-refractivity contribution in [2.24, 2.45) is 0 Å². The summed E-state index contributed by atoms with van der Waals surface area (Å²) in [5.74, 6) is -0.120. The van der Waals surface area contributed by atoms with E-state index in [1.54, 1.807) is 31.2 Å². The Morgan fingerprint density at radius 1 is 1.19 bits per heavy atom. The van der Waals surface area contributed by atoms with Gasteiger partial charge in [-0.3, -0.25) is 4.79 Å². The molecule has 0 saturated heterocycles. The minimum absolute atomic E-state index is 0.113. The highest BCUT2D eigenvalue weighted by molar-refractivity contribution is 7.89. The Morgan fingerprint density at radius 3 is 2.42 bits per heavy atom. The molecule has 2 aromatic carbocycles. The molecular formula is C18H21ClN2O4S. The molecule has 8 heteroatoms. The van der Waals surface area contributed by atoms with Crippen LogP contribution in [0.15, 0.2) is 41.3 Å². The summed E-state index contributed by atoms with van der Waals surface area (Å²) >= 11 is 6.03. The molecule has 0 aliphatic heterocycles. The van der Waals surface area contributed by atoms with Crippen LogP contribution in [0, 0.1) is 6.92 Å². The van der Waals surface area contributed by atoms with Crippen LogP contribution in [0.5, 0.6) is 5.75 Å². The molecule has 1 amide bonds. The lowest BCUT2D eigenvalue weighted by Crippen LogP contribution is -2.33. The molecule has 0 fully saturated rings. The lowest BCUT2D eigenvalue weighted by Gasteiger charge is -2.13. The Bertz CT molecular complexity index is 896. The van der Waals surface area contributed by atoms with Crippen molar-refractivity contribution in [1.29, 1.82) is 0 Å². The van der Waals surface area contributed by atoms with Crippen molar-refractivity contribution >= 4 is 33.2 Å². The molecule has 6 nitrogen and oxygen atoms in total. The Hall–Kier alpha value is -2.09. The zero-order valence-electron chi connectivity index (χ0n) is 14.8. The molecule has 0 aliphatic rings. The quantitative estimate of drug-likeness (QED) is 0.753. The molecule has 0 spiro atoms. The Kier molecular flexibility index (Phi) is 6.63. The van der Waals surface area contributed by atoms with Crippen LogP contribution < -0.4 is 14.8 Å². The van der Waals surface area contributed by atoms with E-state index in [0.29, 0.717) is 16.5 Å². The first-order valence-corrected chi connectivity index (χ1v) is 9.85. The number of hydrogen-bond acceptors (Lipinski definition) is 4. The number of methoxy groups -OCH3 is 1. The molecule has 0 heterocycles. The number of ether oxygens (including phenoxy) is 1. The summed E-state index contributed by atoms with van der Waals surface area (Å²) in [6, 6.07) is 9.78. The largest absolute Gasteiger partial charge is 0.495 e. The molecule has 0 aromatic heterocycles. The van der Waals surface area contributed by atoms with Crippen LogP contribution in [0.4, 0.5) is 5.69 Å². The van der Waals surface area contributed by atoms with Gasteiger partial charge in [0.05, 0.1) is 24.2 Å². The number of benzene rings is 2. The number of rotatable bonds is 7. The maximum atomic E-state index is 12.3. The van der Waals surface area contributed by atoms with Crippen molar-refractivity contribution < 1.29 is 17.9 Å². The first kappa shape index (κ1) is 20.2. The first-order valence-electron chi connectivity index (χ1n) is 7.99. The molecule has 0 bridgehead atoms. The maximum absolute atomic E-state index is 12.3. The minimum atomic E-state index is -3.77. The summed E-state index contributed by atoms with van der Waals surface area (Å²) in [6.07, 6.45) is 0.818. The third-order valence-corrected chi connectivity index (χ3v) is 5.64. The summed E-state index contributed by atoms with van der Waals surface area (Å²) in [6.45, 7) is 3.38. The van der Waals surface area contributed by atoms with Gasteiger partial charge < -0.3 is 10.1 Å². The van der Waals surface area contributed by atoms with Crippen LogP contribution in [-0.4, -0.2) is 28.0 Å². The predicted molar refractivity (Wildman–Crippen MR) is 102 cm³/mol. The number of carbonyl (C=O) groups is 1. The predicted octanol–water partition coefficient (Wildman–Crippen LogP) is 3.14. The molecule has 0 atom stereocenters. The van der Waals surface area contributed by atoms with E-state index in [1.165, 1.54) is 19.2 Å². The van der Waals surface area contributed by atoms with E-state index in [0.717, 1.165) is 17.5 Å². The van der Waals surface area contributed by atoms with Crippen LogP contribution in [0.2, 0.25) is 5.02 Å². The molecule has 2 rings (SSSR count). The molecule has 26 heavy (non-hydrogen) atoms. The van der Waals surface area contributed by atoms with Crippen LogP contribution >= 0.6 is 11.6 Å². The number of anilines is 1. The normalized spacial score (nSPS) is 11.2. The van der Waals surface area contributed by atoms with E-state index >= 15 is 0 Å². The number of sulfonamides is 1. The second-order valence-electron chi connectivity index (χ2n) is 5.67. The number of halogens is 1. The van der Waals surface area contributed by atoms with Crippen LogP contribution in [-0.2, 0) is 21.2 Å². The fourth-order valence-electron chi connectivity index (χ4n) is 2.27. The maximum Gasteiger partial charge on any atom is 0.241 e. The molecule has 0 aliphatic carbocycles. The summed E-state index contributed by atoms with van der Waals surface area (Å²) < 4.78 is 32.0. The number of carbonyl (C=O) groups excluding carboxylic acids is 1. The molecule has 0 radical (unpaired) electrons. The van der Waals surface area contributed by atoms with Gasteiger partial charge >= 0.3 is 0 Å². The number of hydrogen-bond donors (Lipinski definition) is 2. The second-order valence-corrected chi connectivity index (χ2v) is 7.85. The SMILES string of the molecule is CCc1ccc(S(=O)(=O)NCC(=O)Nc2cc(C)c(Cl)cc2OC)cc1. The van der Waals surface area contributed by atoms with Gasteiger partial charge in [-0.15, -0.1) is 0 Å². The van der Waals surface area contributed by atoms with Crippen LogP contribution in [0.3, 0.4) is 0 Å².